The van der Waals surface area contributed by atoms with Crippen molar-refractivity contribution in [2.24, 2.45) is 4.99 Å². The molecule has 5 nitrogen and oxygen atoms in total. The van der Waals surface area contributed by atoms with E-state index in [1.807, 2.05) is 12.3 Å². The fourth-order valence-electron chi connectivity index (χ4n) is 4.26. The summed E-state index contributed by atoms with van der Waals surface area (Å²) >= 11 is 0. The molecule has 0 saturated carbocycles. The highest BCUT2D eigenvalue weighted by Gasteiger charge is 2.39. The van der Waals surface area contributed by atoms with Crippen LogP contribution in [0.3, 0.4) is 0 Å². The van der Waals surface area contributed by atoms with Crippen molar-refractivity contribution in [2.45, 2.75) is 13.0 Å². The average molecular weight is 372 g/mol. The van der Waals surface area contributed by atoms with E-state index in [1.54, 1.807) is 0 Å². The molecule has 0 aromatic heterocycles. The Morgan fingerprint density at radius 3 is 2.43 bits per heavy atom. The lowest BCUT2D eigenvalue weighted by atomic mass is 10.00. The summed E-state index contributed by atoms with van der Waals surface area (Å²) < 4.78 is 5.58. The molecule has 3 heterocycles. The van der Waals surface area contributed by atoms with E-state index >= 15 is 0 Å². The van der Waals surface area contributed by atoms with Crippen LogP contribution in [0.5, 0.6) is 0 Å². The van der Waals surface area contributed by atoms with Gasteiger partial charge in [-0.2, -0.15) is 0 Å². The first kappa shape index (κ1) is 17.1. The molecule has 5 rings (SSSR count). The third-order valence-electron chi connectivity index (χ3n) is 5.56. The lowest BCUT2D eigenvalue weighted by molar-refractivity contribution is 0.122. The van der Waals surface area contributed by atoms with Crippen molar-refractivity contribution in [3.8, 4) is 0 Å². The van der Waals surface area contributed by atoms with Crippen LogP contribution in [-0.2, 0) is 4.74 Å². The number of anilines is 2. The molecule has 1 atom stereocenters. The average Bonchev–Trinajstić information content (AvgIpc) is 3.07. The Morgan fingerprint density at radius 2 is 1.64 bits per heavy atom. The number of rotatable bonds is 3. The predicted molar refractivity (Wildman–Crippen MR) is 113 cm³/mol. The van der Waals surface area contributed by atoms with E-state index in [0.717, 1.165) is 32.1 Å². The summed E-state index contributed by atoms with van der Waals surface area (Å²) in [6.07, 6.45) is 5.97. The lowest BCUT2D eigenvalue weighted by Crippen LogP contribution is -2.40. The number of ether oxygens (including phenoxy) is 1. The lowest BCUT2D eigenvalue weighted by Gasteiger charge is -2.39. The first-order valence-corrected chi connectivity index (χ1v) is 9.81. The zero-order chi connectivity index (χ0) is 18.9. The number of hydrogen-bond donors (Lipinski definition) is 0. The smallest absolute Gasteiger partial charge is 0.152 e. The summed E-state index contributed by atoms with van der Waals surface area (Å²) in [5.41, 5.74) is 4.95. The Bertz CT molecular complexity index is 944. The SMILES string of the molecule is CC1=C2N=CC=CN2N(c2ccccc2N2CCOCC2)C1c1ccccc1. The molecule has 0 bridgehead atoms. The van der Waals surface area contributed by atoms with Crippen molar-refractivity contribution >= 4 is 17.6 Å². The van der Waals surface area contributed by atoms with Gasteiger partial charge in [-0.3, -0.25) is 5.01 Å². The topological polar surface area (TPSA) is 31.3 Å². The van der Waals surface area contributed by atoms with Gasteiger partial charge in [0.2, 0.25) is 0 Å². The molecule has 0 amide bonds. The van der Waals surface area contributed by atoms with Crippen LogP contribution in [0.25, 0.3) is 0 Å². The van der Waals surface area contributed by atoms with Crippen LogP contribution in [0.1, 0.15) is 18.5 Å². The second-order valence-electron chi connectivity index (χ2n) is 7.22. The standard InChI is InChI=1S/C23H24N4O/c1-18-22(19-8-3-2-4-9-19)27(26-13-7-12-24-23(18)26)21-11-6-5-10-20(21)25-14-16-28-17-15-25/h2-13,22H,14-17H2,1H3. The van der Waals surface area contributed by atoms with Gasteiger partial charge in [0, 0.05) is 31.1 Å². The molecule has 1 fully saturated rings. The molecular formula is C23H24N4O. The van der Waals surface area contributed by atoms with Crippen molar-refractivity contribution in [3.05, 3.63) is 83.8 Å². The van der Waals surface area contributed by atoms with Crippen LogP contribution in [0, 0.1) is 0 Å². The first-order valence-electron chi connectivity index (χ1n) is 9.81. The van der Waals surface area contributed by atoms with E-state index in [0.29, 0.717) is 0 Å². The Kier molecular flexibility index (Phi) is 4.37. The van der Waals surface area contributed by atoms with Gasteiger partial charge in [0.15, 0.2) is 5.82 Å². The monoisotopic (exact) mass is 372 g/mol. The molecule has 0 aliphatic carbocycles. The summed E-state index contributed by atoms with van der Waals surface area (Å²) in [6.45, 7) is 5.55. The molecule has 0 spiro atoms. The number of fused-ring (bicyclic) bond motifs is 1. The highest BCUT2D eigenvalue weighted by Crippen LogP contribution is 2.46. The van der Waals surface area contributed by atoms with Crippen LogP contribution in [0.4, 0.5) is 11.4 Å². The molecule has 3 aliphatic heterocycles. The van der Waals surface area contributed by atoms with E-state index in [1.165, 1.54) is 22.5 Å². The Hall–Kier alpha value is -3.05. The van der Waals surface area contributed by atoms with E-state index in [9.17, 15) is 0 Å². The fraction of sp³-hybridized carbons (Fsp3) is 0.261. The molecule has 1 unspecified atom stereocenters. The Morgan fingerprint density at radius 1 is 0.929 bits per heavy atom. The normalized spacial score (nSPS) is 21.5. The number of aliphatic imine (C=N–C) groups is 1. The third-order valence-corrected chi connectivity index (χ3v) is 5.56. The summed E-state index contributed by atoms with van der Waals surface area (Å²) in [5, 5.41) is 4.56. The molecule has 2 aromatic rings. The zero-order valence-corrected chi connectivity index (χ0v) is 16.0. The summed E-state index contributed by atoms with van der Waals surface area (Å²) in [7, 11) is 0. The van der Waals surface area contributed by atoms with Gasteiger partial charge in [0.1, 0.15) is 6.04 Å². The maximum absolute atomic E-state index is 5.58. The number of benzene rings is 2. The van der Waals surface area contributed by atoms with Crippen LogP contribution in [0.2, 0.25) is 0 Å². The molecule has 142 valence electrons. The van der Waals surface area contributed by atoms with Crippen LogP contribution < -0.4 is 9.91 Å². The van der Waals surface area contributed by atoms with E-state index < -0.39 is 0 Å². The van der Waals surface area contributed by atoms with Crippen LogP contribution in [-0.4, -0.2) is 37.5 Å². The second kappa shape index (κ2) is 7.17. The van der Waals surface area contributed by atoms with Gasteiger partial charge in [-0.15, -0.1) is 0 Å². The van der Waals surface area contributed by atoms with Gasteiger partial charge < -0.3 is 9.64 Å². The first-order chi connectivity index (χ1) is 13.8. The van der Waals surface area contributed by atoms with Crippen molar-refractivity contribution in [1.29, 1.82) is 0 Å². The quantitative estimate of drug-likeness (QED) is 0.811. The highest BCUT2D eigenvalue weighted by molar-refractivity contribution is 5.77. The van der Waals surface area contributed by atoms with Gasteiger partial charge in [0.05, 0.1) is 24.6 Å². The minimum Gasteiger partial charge on any atom is -0.378 e. The molecular weight excluding hydrogens is 348 g/mol. The zero-order valence-electron chi connectivity index (χ0n) is 16.0. The molecule has 2 aromatic carbocycles. The Labute approximate surface area is 165 Å². The van der Waals surface area contributed by atoms with E-state index in [-0.39, 0.29) is 6.04 Å². The molecule has 0 radical (unpaired) electrons. The van der Waals surface area contributed by atoms with Crippen molar-refractivity contribution < 1.29 is 4.74 Å². The van der Waals surface area contributed by atoms with Gasteiger partial charge in [-0.05, 0) is 30.7 Å². The fourth-order valence-corrected chi connectivity index (χ4v) is 4.26. The molecule has 3 aliphatic rings. The summed E-state index contributed by atoms with van der Waals surface area (Å²) in [4.78, 5) is 7.11. The number of allylic oxidation sites excluding steroid dienone is 1. The Balaban J connectivity index is 1.64. The maximum Gasteiger partial charge on any atom is 0.152 e. The highest BCUT2D eigenvalue weighted by atomic mass is 16.5. The number of nitrogens with zero attached hydrogens (tertiary/aromatic N) is 4. The minimum absolute atomic E-state index is 0.110. The van der Waals surface area contributed by atoms with Crippen LogP contribution >= 0.6 is 0 Å². The molecule has 1 saturated heterocycles. The van der Waals surface area contributed by atoms with Crippen LogP contribution in [0.15, 0.2) is 83.3 Å². The van der Waals surface area contributed by atoms with Crippen molar-refractivity contribution in [3.63, 3.8) is 0 Å². The predicted octanol–water partition coefficient (Wildman–Crippen LogP) is 4.13. The van der Waals surface area contributed by atoms with Gasteiger partial charge in [-0.1, -0.05) is 42.5 Å². The second-order valence-corrected chi connectivity index (χ2v) is 7.22. The van der Waals surface area contributed by atoms with E-state index in [2.05, 4.69) is 87.6 Å². The van der Waals surface area contributed by atoms with Gasteiger partial charge >= 0.3 is 0 Å². The largest absolute Gasteiger partial charge is 0.378 e. The maximum atomic E-state index is 5.58. The summed E-state index contributed by atoms with van der Waals surface area (Å²) in [6, 6.07) is 19.5. The van der Waals surface area contributed by atoms with E-state index in [4.69, 9.17) is 4.74 Å². The molecule has 0 N–H and O–H groups in total. The van der Waals surface area contributed by atoms with Crippen molar-refractivity contribution in [2.75, 3.05) is 36.2 Å². The van der Waals surface area contributed by atoms with Crippen molar-refractivity contribution in [1.82, 2.24) is 5.01 Å². The molecule has 28 heavy (non-hydrogen) atoms. The minimum atomic E-state index is 0.110. The van der Waals surface area contributed by atoms with Gasteiger partial charge in [-0.25, -0.2) is 10.0 Å². The molecule has 5 heteroatoms. The summed E-state index contributed by atoms with van der Waals surface area (Å²) in [5.74, 6) is 1.01. The number of hydrogen-bond acceptors (Lipinski definition) is 5. The number of hydrazine groups is 1. The third kappa shape index (κ3) is 2.79. The van der Waals surface area contributed by atoms with Gasteiger partial charge in [0.25, 0.3) is 0 Å². The number of morpholine rings is 1. The number of para-hydroxylation sites is 2.